The van der Waals surface area contributed by atoms with Gasteiger partial charge in [-0.15, -0.1) is 0 Å². The van der Waals surface area contributed by atoms with Crippen LogP contribution in [0.25, 0.3) is 0 Å². The second kappa shape index (κ2) is 9.05. The fourth-order valence-corrected chi connectivity index (χ4v) is 1.68. The SMILES string of the molecule is CC.CC1CCCCCC1C.O. The largest absolute Gasteiger partial charge is 0.412 e. The van der Waals surface area contributed by atoms with Gasteiger partial charge in [0.2, 0.25) is 0 Å². The molecule has 1 aliphatic carbocycles. The van der Waals surface area contributed by atoms with Crippen molar-refractivity contribution in [3.63, 3.8) is 0 Å². The molecule has 0 aromatic heterocycles. The third kappa shape index (κ3) is 5.59. The Bertz CT molecular complexity index is 71.1. The molecule has 2 atom stereocenters. The van der Waals surface area contributed by atoms with Crippen LogP contribution in [0.2, 0.25) is 0 Å². The molecule has 2 N–H and O–H groups in total. The van der Waals surface area contributed by atoms with E-state index in [9.17, 15) is 0 Å². The Hall–Kier alpha value is -0.0400. The van der Waals surface area contributed by atoms with Crippen molar-refractivity contribution in [1.29, 1.82) is 0 Å². The molecule has 0 spiro atoms. The van der Waals surface area contributed by atoms with Gasteiger partial charge in [-0.2, -0.15) is 0 Å². The van der Waals surface area contributed by atoms with Gasteiger partial charge in [-0.05, 0) is 11.8 Å². The highest BCUT2D eigenvalue weighted by molar-refractivity contribution is 4.66. The van der Waals surface area contributed by atoms with E-state index in [4.69, 9.17) is 0 Å². The van der Waals surface area contributed by atoms with Crippen molar-refractivity contribution in [3.05, 3.63) is 0 Å². The third-order valence-corrected chi connectivity index (χ3v) is 2.79. The normalized spacial score (nSPS) is 29.0. The van der Waals surface area contributed by atoms with Crippen molar-refractivity contribution in [3.8, 4) is 0 Å². The summed E-state index contributed by atoms with van der Waals surface area (Å²) in [5, 5.41) is 0. The lowest BCUT2D eigenvalue weighted by molar-refractivity contribution is 0.367. The molecule has 2 unspecified atom stereocenters. The lowest BCUT2D eigenvalue weighted by Crippen LogP contribution is -2.04. The van der Waals surface area contributed by atoms with Gasteiger partial charge in [-0.3, -0.25) is 0 Å². The van der Waals surface area contributed by atoms with Gasteiger partial charge >= 0.3 is 0 Å². The van der Waals surface area contributed by atoms with E-state index in [0.29, 0.717) is 0 Å². The average molecular weight is 174 g/mol. The van der Waals surface area contributed by atoms with Gasteiger partial charge in [0.15, 0.2) is 0 Å². The summed E-state index contributed by atoms with van der Waals surface area (Å²) in [6, 6.07) is 0. The van der Waals surface area contributed by atoms with Crippen molar-refractivity contribution < 1.29 is 5.48 Å². The molecule has 1 saturated carbocycles. The van der Waals surface area contributed by atoms with Crippen LogP contribution < -0.4 is 0 Å². The molecule has 1 aliphatic rings. The first-order chi connectivity index (χ1) is 5.30. The fourth-order valence-electron chi connectivity index (χ4n) is 1.68. The summed E-state index contributed by atoms with van der Waals surface area (Å²) in [6.07, 6.45) is 7.38. The Morgan fingerprint density at radius 3 is 1.42 bits per heavy atom. The molecule has 0 aromatic rings. The van der Waals surface area contributed by atoms with E-state index in [1.807, 2.05) is 13.8 Å². The van der Waals surface area contributed by atoms with Crippen LogP contribution in [0.4, 0.5) is 0 Å². The minimum absolute atomic E-state index is 0. The lowest BCUT2D eigenvalue weighted by atomic mass is 9.92. The second-order valence-corrected chi connectivity index (χ2v) is 3.59. The minimum Gasteiger partial charge on any atom is -0.412 e. The predicted molar refractivity (Wildman–Crippen MR) is 56.4 cm³/mol. The zero-order chi connectivity index (χ0) is 8.69. The maximum atomic E-state index is 2.40. The number of hydrogen-bond donors (Lipinski definition) is 0. The predicted octanol–water partition coefficient (Wildman–Crippen LogP) is 3.42. The van der Waals surface area contributed by atoms with Gasteiger partial charge in [0, 0.05) is 0 Å². The van der Waals surface area contributed by atoms with Gasteiger partial charge < -0.3 is 5.48 Å². The Labute approximate surface area is 77.9 Å². The molecule has 1 nitrogen and oxygen atoms in total. The molecule has 0 aliphatic heterocycles. The van der Waals surface area contributed by atoms with E-state index in [1.54, 1.807) is 0 Å². The van der Waals surface area contributed by atoms with Crippen molar-refractivity contribution in [2.75, 3.05) is 0 Å². The Kier molecular flexibility index (Phi) is 10.9. The molecule has 0 amide bonds. The standard InChI is InChI=1S/C9H18.C2H6.H2O/c1-8-6-4-3-5-7-9(8)2;1-2;/h8-9H,3-7H2,1-2H3;1-2H3;1H2. The highest BCUT2D eigenvalue weighted by atomic mass is 16.0. The van der Waals surface area contributed by atoms with Crippen LogP contribution in [0.3, 0.4) is 0 Å². The summed E-state index contributed by atoms with van der Waals surface area (Å²) in [5.41, 5.74) is 0. The summed E-state index contributed by atoms with van der Waals surface area (Å²) in [4.78, 5) is 0. The average Bonchev–Trinajstić information content (AvgIpc) is 2.22. The van der Waals surface area contributed by atoms with Crippen molar-refractivity contribution in [2.45, 2.75) is 59.8 Å². The maximum Gasteiger partial charge on any atom is -0.0417 e. The van der Waals surface area contributed by atoms with E-state index < -0.39 is 0 Å². The van der Waals surface area contributed by atoms with Crippen molar-refractivity contribution in [2.24, 2.45) is 11.8 Å². The zero-order valence-electron chi connectivity index (χ0n) is 9.19. The van der Waals surface area contributed by atoms with E-state index in [2.05, 4.69) is 13.8 Å². The second-order valence-electron chi connectivity index (χ2n) is 3.59. The molecule has 0 saturated heterocycles. The molecule has 1 rings (SSSR count). The van der Waals surface area contributed by atoms with Crippen LogP contribution >= 0.6 is 0 Å². The zero-order valence-corrected chi connectivity index (χ0v) is 9.19. The third-order valence-electron chi connectivity index (χ3n) is 2.79. The van der Waals surface area contributed by atoms with Crippen LogP contribution in [0.15, 0.2) is 0 Å². The van der Waals surface area contributed by atoms with Crippen LogP contribution in [-0.2, 0) is 0 Å². The molecule has 0 bridgehead atoms. The van der Waals surface area contributed by atoms with Crippen LogP contribution in [-0.4, -0.2) is 5.48 Å². The summed E-state index contributed by atoms with van der Waals surface area (Å²) < 4.78 is 0. The monoisotopic (exact) mass is 174 g/mol. The molecule has 12 heavy (non-hydrogen) atoms. The molecular weight excluding hydrogens is 148 g/mol. The first kappa shape index (κ1) is 14.5. The number of hydrogen-bond acceptors (Lipinski definition) is 0. The molecular formula is C11H26O. The van der Waals surface area contributed by atoms with Gasteiger partial charge in [-0.1, -0.05) is 59.8 Å². The first-order valence-electron chi connectivity index (χ1n) is 5.30. The first-order valence-corrected chi connectivity index (χ1v) is 5.30. The number of rotatable bonds is 0. The van der Waals surface area contributed by atoms with Crippen LogP contribution in [0.1, 0.15) is 59.8 Å². The summed E-state index contributed by atoms with van der Waals surface area (Å²) in [7, 11) is 0. The Morgan fingerprint density at radius 2 is 1.08 bits per heavy atom. The highest BCUT2D eigenvalue weighted by Gasteiger charge is 2.14. The van der Waals surface area contributed by atoms with E-state index in [1.165, 1.54) is 32.1 Å². The summed E-state index contributed by atoms with van der Waals surface area (Å²) in [6.45, 7) is 8.80. The molecule has 76 valence electrons. The summed E-state index contributed by atoms with van der Waals surface area (Å²) in [5.74, 6) is 1.99. The van der Waals surface area contributed by atoms with Gasteiger partial charge in [0.1, 0.15) is 0 Å². The van der Waals surface area contributed by atoms with E-state index >= 15 is 0 Å². The quantitative estimate of drug-likeness (QED) is 0.504. The van der Waals surface area contributed by atoms with Crippen LogP contribution in [0, 0.1) is 11.8 Å². The van der Waals surface area contributed by atoms with Gasteiger partial charge in [-0.25, -0.2) is 0 Å². The fraction of sp³-hybridized carbons (Fsp3) is 1.00. The van der Waals surface area contributed by atoms with E-state index in [-0.39, 0.29) is 5.48 Å². The summed E-state index contributed by atoms with van der Waals surface area (Å²) >= 11 is 0. The highest BCUT2D eigenvalue weighted by Crippen LogP contribution is 2.27. The molecule has 0 radical (unpaired) electrons. The van der Waals surface area contributed by atoms with E-state index in [0.717, 1.165) is 11.8 Å². The maximum absolute atomic E-state index is 2.40. The Morgan fingerprint density at radius 1 is 0.750 bits per heavy atom. The Balaban J connectivity index is 0. The van der Waals surface area contributed by atoms with Gasteiger partial charge in [0.05, 0.1) is 0 Å². The lowest BCUT2D eigenvalue weighted by Gasteiger charge is -2.14. The molecule has 0 heterocycles. The smallest absolute Gasteiger partial charge is 0.0417 e. The van der Waals surface area contributed by atoms with Crippen LogP contribution in [0.5, 0.6) is 0 Å². The molecule has 1 fully saturated rings. The van der Waals surface area contributed by atoms with Gasteiger partial charge in [0.25, 0.3) is 0 Å². The molecule has 0 aromatic carbocycles. The van der Waals surface area contributed by atoms with Crippen molar-refractivity contribution >= 4 is 0 Å². The minimum atomic E-state index is 0. The van der Waals surface area contributed by atoms with Crippen molar-refractivity contribution in [1.82, 2.24) is 0 Å². The molecule has 1 heteroatoms. The topological polar surface area (TPSA) is 31.5 Å².